The molecule has 5 heteroatoms. The average Bonchev–Trinajstić information content (AvgIpc) is 3.32. The molecule has 0 fully saturated rings. The summed E-state index contributed by atoms with van der Waals surface area (Å²) in [6.07, 6.45) is 71.3. The monoisotopic (exact) mass is 925 g/mol. The maximum atomic E-state index is 12.8. The van der Waals surface area contributed by atoms with Crippen LogP contribution in [0.15, 0.2) is 48.6 Å². The fraction of sp³-hybridized carbons (Fsp3) is 0.836. The summed E-state index contributed by atoms with van der Waals surface area (Å²) in [5.41, 5.74) is 0. The molecule has 0 spiro atoms. The van der Waals surface area contributed by atoms with Gasteiger partial charge in [0.2, 0.25) is 0 Å². The van der Waals surface area contributed by atoms with E-state index in [0.29, 0.717) is 19.4 Å². The summed E-state index contributed by atoms with van der Waals surface area (Å²) in [6.45, 7) is 7.73. The van der Waals surface area contributed by atoms with Crippen molar-refractivity contribution >= 4 is 11.9 Å². The lowest BCUT2D eigenvalue weighted by molar-refractivity contribution is -0.163. The van der Waals surface area contributed by atoms with E-state index >= 15 is 0 Å². The maximum Gasteiger partial charge on any atom is 0.306 e. The molecule has 0 aliphatic rings. The van der Waals surface area contributed by atoms with Crippen LogP contribution in [0.1, 0.15) is 303 Å². The van der Waals surface area contributed by atoms with E-state index in [9.17, 15) is 9.59 Å². The van der Waals surface area contributed by atoms with Crippen molar-refractivity contribution in [2.45, 2.75) is 309 Å². The molecular formula is C61H112O5. The molecule has 386 valence electrons. The number of allylic oxidation sites excluding steroid dienone is 8. The third-order valence-corrected chi connectivity index (χ3v) is 12.8. The third kappa shape index (κ3) is 54.5. The van der Waals surface area contributed by atoms with Gasteiger partial charge in [-0.25, -0.2) is 0 Å². The largest absolute Gasteiger partial charge is 0.462 e. The number of carbonyl (C=O) groups is 2. The first kappa shape index (κ1) is 63.9. The molecule has 0 aliphatic heterocycles. The van der Waals surface area contributed by atoms with Gasteiger partial charge >= 0.3 is 11.9 Å². The lowest BCUT2D eigenvalue weighted by atomic mass is 10.0. The van der Waals surface area contributed by atoms with Crippen molar-refractivity contribution in [2.24, 2.45) is 0 Å². The van der Waals surface area contributed by atoms with Gasteiger partial charge in [0.25, 0.3) is 0 Å². The molecule has 0 aliphatic carbocycles. The van der Waals surface area contributed by atoms with Crippen LogP contribution in [0, 0.1) is 0 Å². The van der Waals surface area contributed by atoms with Gasteiger partial charge < -0.3 is 14.2 Å². The smallest absolute Gasteiger partial charge is 0.306 e. The van der Waals surface area contributed by atoms with Crippen LogP contribution in [0.4, 0.5) is 0 Å². The third-order valence-electron chi connectivity index (χ3n) is 12.8. The van der Waals surface area contributed by atoms with Crippen LogP contribution < -0.4 is 0 Å². The Morgan fingerprint density at radius 2 is 0.682 bits per heavy atom. The summed E-state index contributed by atoms with van der Waals surface area (Å²) in [5.74, 6) is -0.395. The van der Waals surface area contributed by atoms with Crippen molar-refractivity contribution in [3.05, 3.63) is 48.6 Å². The van der Waals surface area contributed by atoms with Crippen molar-refractivity contribution in [1.82, 2.24) is 0 Å². The van der Waals surface area contributed by atoms with E-state index < -0.39 is 6.10 Å². The summed E-state index contributed by atoms with van der Waals surface area (Å²) in [4.78, 5) is 25.5. The highest BCUT2D eigenvalue weighted by Crippen LogP contribution is 2.16. The Hall–Kier alpha value is -2.14. The van der Waals surface area contributed by atoms with Crippen molar-refractivity contribution in [3.8, 4) is 0 Å². The van der Waals surface area contributed by atoms with E-state index in [0.717, 1.165) is 70.6 Å². The van der Waals surface area contributed by atoms with Gasteiger partial charge in [0.1, 0.15) is 6.61 Å². The molecule has 0 heterocycles. The van der Waals surface area contributed by atoms with Crippen LogP contribution >= 0.6 is 0 Å². The summed E-state index contributed by atoms with van der Waals surface area (Å²) < 4.78 is 17.5. The van der Waals surface area contributed by atoms with E-state index in [1.54, 1.807) is 0 Å². The highest BCUT2D eigenvalue weighted by Gasteiger charge is 2.17. The maximum absolute atomic E-state index is 12.8. The second-order valence-corrected chi connectivity index (χ2v) is 19.5. The Labute approximate surface area is 412 Å². The summed E-state index contributed by atoms with van der Waals surface area (Å²) in [6, 6.07) is 0. The first-order valence-corrected chi connectivity index (χ1v) is 29.2. The zero-order valence-corrected chi connectivity index (χ0v) is 44.5. The molecule has 0 aromatic rings. The standard InChI is InChI=1S/C61H112O5/c1-4-7-10-13-16-19-22-25-27-29-31-32-34-37-39-42-45-48-51-54-60(62)65-58-59(66-61(63)55-52-49-46-43-40-36-24-21-18-15-12-9-6-3)57-64-56-53-50-47-44-41-38-35-33-30-28-26-23-20-17-14-11-8-5-2/h8,11,17,20-21,24,26,28,59H,4-7,9-10,12-16,18-19,22-23,25,27,29-58H2,1-3H3/b11-8-,20-17-,24-21-,28-26-. The minimum Gasteiger partial charge on any atom is -0.462 e. The van der Waals surface area contributed by atoms with Crippen molar-refractivity contribution in [3.63, 3.8) is 0 Å². The normalized spacial score (nSPS) is 12.5. The zero-order valence-electron chi connectivity index (χ0n) is 44.5. The topological polar surface area (TPSA) is 61.8 Å². The molecule has 0 saturated heterocycles. The summed E-state index contributed by atoms with van der Waals surface area (Å²) in [7, 11) is 0. The van der Waals surface area contributed by atoms with Gasteiger partial charge in [-0.05, 0) is 77.0 Å². The van der Waals surface area contributed by atoms with Gasteiger partial charge in [0.05, 0.1) is 6.61 Å². The fourth-order valence-electron chi connectivity index (χ4n) is 8.52. The number of rotatable bonds is 54. The Bertz CT molecular complexity index is 1090. The fourth-order valence-corrected chi connectivity index (χ4v) is 8.52. The van der Waals surface area contributed by atoms with E-state index in [-0.39, 0.29) is 25.2 Å². The molecule has 0 aromatic heterocycles. The molecule has 1 unspecified atom stereocenters. The molecule has 0 radical (unpaired) electrons. The molecular weight excluding hydrogens is 813 g/mol. The molecule has 0 rings (SSSR count). The molecule has 0 aromatic carbocycles. The predicted molar refractivity (Wildman–Crippen MR) is 288 cm³/mol. The quantitative estimate of drug-likeness (QED) is 0.0345. The molecule has 0 saturated carbocycles. The van der Waals surface area contributed by atoms with E-state index in [1.165, 1.54) is 199 Å². The second-order valence-electron chi connectivity index (χ2n) is 19.5. The Kier molecular flexibility index (Phi) is 55.3. The lowest BCUT2D eigenvalue weighted by Crippen LogP contribution is -2.30. The van der Waals surface area contributed by atoms with Crippen molar-refractivity contribution < 1.29 is 23.8 Å². The molecule has 0 N–H and O–H groups in total. The van der Waals surface area contributed by atoms with Crippen molar-refractivity contribution in [2.75, 3.05) is 19.8 Å². The molecule has 66 heavy (non-hydrogen) atoms. The highest BCUT2D eigenvalue weighted by molar-refractivity contribution is 5.70. The number of ether oxygens (including phenoxy) is 3. The lowest BCUT2D eigenvalue weighted by Gasteiger charge is -2.18. The first-order chi connectivity index (χ1) is 32.6. The van der Waals surface area contributed by atoms with Gasteiger partial charge in [-0.3, -0.25) is 9.59 Å². The van der Waals surface area contributed by atoms with Gasteiger partial charge in [-0.1, -0.05) is 262 Å². The second kappa shape index (κ2) is 57.2. The molecule has 1 atom stereocenters. The van der Waals surface area contributed by atoms with Gasteiger partial charge in [-0.15, -0.1) is 0 Å². The predicted octanol–water partition coefficient (Wildman–Crippen LogP) is 19.9. The van der Waals surface area contributed by atoms with Crippen LogP contribution in [0.3, 0.4) is 0 Å². The Balaban J connectivity index is 4.22. The minimum absolute atomic E-state index is 0.0829. The number of hydrogen-bond acceptors (Lipinski definition) is 5. The van der Waals surface area contributed by atoms with Gasteiger partial charge in [0, 0.05) is 19.4 Å². The number of hydrogen-bond donors (Lipinski definition) is 0. The molecule has 5 nitrogen and oxygen atoms in total. The zero-order chi connectivity index (χ0) is 47.7. The van der Waals surface area contributed by atoms with Crippen molar-refractivity contribution in [1.29, 1.82) is 0 Å². The van der Waals surface area contributed by atoms with E-state index in [2.05, 4.69) is 69.4 Å². The van der Waals surface area contributed by atoms with Gasteiger partial charge in [0.15, 0.2) is 6.10 Å². The molecule has 0 bridgehead atoms. The van der Waals surface area contributed by atoms with Crippen LogP contribution in [0.5, 0.6) is 0 Å². The average molecular weight is 926 g/mol. The highest BCUT2D eigenvalue weighted by atomic mass is 16.6. The van der Waals surface area contributed by atoms with Crippen LogP contribution in [-0.4, -0.2) is 37.9 Å². The number of unbranched alkanes of at least 4 members (excludes halogenated alkanes) is 35. The number of carbonyl (C=O) groups excluding carboxylic acids is 2. The van der Waals surface area contributed by atoms with E-state index in [4.69, 9.17) is 14.2 Å². The van der Waals surface area contributed by atoms with Crippen LogP contribution in [-0.2, 0) is 23.8 Å². The minimum atomic E-state index is -0.542. The number of esters is 2. The van der Waals surface area contributed by atoms with Gasteiger partial charge in [-0.2, -0.15) is 0 Å². The first-order valence-electron chi connectivity index (χ1n) is 29.2. The van der Waals surface area contributed by atoms with Crippen LogP contribution in [0.2, 0.25) is 0 Å². The SMILES string of the molecule is CC/C=C\C/C=C\C/C=C\CCCCCCCCCCOCC(COC(=O)CCCCCCCCCCCCCCCCCCCCC)OC(=O)CCCCCCC/C=C\CCCCCC. The van der Waals surface area contributed by atoms with E-state index in [1.807, 2.05) is 0 Å². The van der Waals surface area contributed by atoms with Crippen LogP contribution in [0.25, 0.3) is 0 Å². The molecule has 0 amide bonds. The summed E-state index contributed by atoms with van der Waals surface area (Å²) in [5, 5.41) is 0. The summed E-state index contributed by atoms with van der Waals surface area (Å²) >= 11 is 0. The Morgan fingerprint density at radius 3 is 1.12 bits per heavy atom. The Morgan fingerprint density at radius 1 is 0.348 bits per heavy atom.